The minimum atomic E-state index is -3.75. The minimum Gasteiger partial charge on any atom is -0.368 e. The molecule has 3 rings (SSSR count). The SMILES string of the molecule is CC(C)CC(NC(=O)C1CC(NS(=O)(=O)c2cccs2)CCN1C(=O)c1cccn1C)C(N)=O. The first-order valence-corrected chi connectivity index (χ1v) is 13.4. The Morgan fingerprint density at radius 1 is 1.24 bits per heavy atom. The first-order chi connectivity index (χ1) is 16.0. The molecule has 0 spiro atoms. The number of nitrogens with two attached hydrogens (primary N) is 1. The second kappa shape index (κ2) is 10.7. The van der Waals surface area contributed by atoms with E-state index < -0.39 is 40.0 Å². The van der Waals surface area contributed by atoms with Gasteiger partial charge in [0.25, 0.3) is 5.91 Å². The summed E-state index contributed by atoms with van der Waals surface area (Å²) in [6, 6.07) is 4.13. The van der Waals surface area contributed by atoms with Crippen LogP contribution in [0.25, 0.3) is 0 Å². The molecule has 12 heteroatoms. The number of nitrogens with one attached hydrogen (secondary N) is 2. The van der Waals surface area contributed by atoms with Gasteiger partial charge in [-0.15, -0.1) is 11.3 Å². The number of carbonyl (C=O) groups excluding carboxylic acids is 3. The van der Waals surface area contributed by atoms with E-state index in [1.165, 1.54) is 11.0 Å². The second-order valence-electron chi connectivity index (χ2n) is 8.89. The van der Waals surface area contributed by atoms with Crippen molar-refractivity contribution in [3.05, 3.63) is 41.5 Å². The summed E-state index contributed by atoms with van der Waals surface area (Å²) in [5, 5.41) is 4.36. The van der Waals surface area contributed by atoms with E-state index in [0.29, 0.717) is 18.5 Å². The van der Waals surface area contributed by atoms with E-state index in [-0.39, 0.29) is 29.0 Å². The van der Waals surface area contributed by atoms with Crippen molar-refractivity contribution in [3.63, 3.8) is 0 Å². The van der Waals surface area contributed by atoms with Crippen molar-refractivity contribution >= 4 is 39.1 Å². The summed E-state index contributed by atoms with van der Waals surface area (Å²) < 4.78 is 30.0. The highest BCUT2D eigenvalue weighted by Gasteiger charge is 2.39. The molecule has 4 N–H and O–H groups in total. The second-order valence-corrected chi connectivity index (χ2v) is 11.8. The van der Waals surface area contributed by atoms with E-state index in [9.17, 15) is 22.8 Å². The van der Waals surface area contributed by atoms with Crippen LogP contribution >= 0.6 is 11.3 Å². The van der Waals surface area contributed by atoms with Gasteiger partial charge >= 0.3 is 0 Å². The predicted molar refractivity (Wildman–Crippen MR) is 128 cm³/mol. The number of amides is 3. The fourth-order valence-electron chi connectivity index (χ4n) is 4.07. The number of rotatable bonds is 9. The number of hydrogen-bond donors (Lipinski definition) is 3. The molecule has 3 heterocycles. The van der Waals surface area contributed by atoms with Gasteiger partial charge < -0.3 is 20.5 Å². The highest BCUT2D eigenvalue weighted by atomic mass is 32.2. The lowest BCUT2D eigenvalue weighted by Crippen LogP contribution is -2.59. The maximum atomic E-state index is 13.3. The molecule has 1 aliphatic rings. The molecule has 0 saturated carbocycles. The standard InChI is InChI=1S/C22H31N5O5S2/c1-14(2)12-16(20(23)28)24-21(29)18-13-15(25-34(31,32)19-7-5-11-33-19)8-10-27(18)22(30)17-6-4-9-26(17)3/h4-7,9,11,14-16,18,25H,8,10,12-13H2,1-3H3,(H2,23,28)(H,24,29). The van der Waals surface area contributed by atoms with Crippen LogP contribution in [0.4, 0.5) is 0 Å². The maximum absolute atomic E-state index is 13.3. The monoisotopic (exact) mass is 509 g/mol. The summed E-state index contributed by atoms with van der Waals surface area (Å²) in [5.41, 5.74) is 5.90. The van der Waals surface area contributed by atoms with Crippen LogP contribution in [0.3, 0.4) is 0 Å². The third-order valence-corrected chi connectivity index (χ3v) is 8.70. The van der Waals surface area contributed by atoms with Gasteiger partial charge in [-0.1, -0.05) is 19.9 Å². The molecule has 1 saturated heterocycles. The minimum absolute atomic E-state index is 0.0692. The smallest absolute Gasteiger partial charge is 0.271 e. The molecular formula is C22H31N5O5S2. The van der Waals surface area contributed by atoms with Gasteiger partial charge in [0, 0.05) is 25.8 Å². The average molecular weight is 510 g/mol. The van der Waals surface area contributed by atoms with Gasteiger partial charge in [0.15, 0.2) is 0 Å². The average Bonchev–Trinajstić information content (AvgIpc) is 3.44. The lowest BCUT2D eigenvalue weighted by molar-refractivity contribution is -0.131. The Morgan fingerprint density at radius 2 is 1.97 bits per heavy atom. The summed E-state index contributed by atoms with van der Waals surface area (Å²) in [4.78, 5) is 39.9. The van der Waals surface area contributed by atoms with Crippen molar-refractivity contribution in [1.29, 1.82) is 0 Å². The van der Waals surface area contributed by atoms with E-state index >= 15 is 0 Å². The van der Waals surface area contributed by atoms with Gasteiger partial charge in [-0.25, -0.2) is 13.1 Å². The highest BCUT2D eigenvalue weighted by molar-refractivity contribution is 7.91. The van der Waals surface area contributed by atoms with Gasteiger partial charge in [-0.2, -0.15) is 0 Å². The number of aryl methyl sites for hydroxylation is 1. The number of likely N-dealkylation sites (tertiary alicyclic amines) is 1. The Kier molecular flexibility index (Phi) is 8.16. The summed E-state index contributed by atoms with van der Waals surface area (Å²) >= 11 is 1.10. The van der Waals surface area contributed by atoms with Crippen LogP contribution in [0.5, 0.6) is 0 Å². The molecule has 1 aliphatic heterocycles. The van der Waals surface area contributed by atoms with Crippen LogP contribution in [0.1, 0.15) is 43.6 Å². The molecule has 3 amide bonds. The van der Waals surface area contributed by atoms with Crippen molar-refractivity contribution in [1.82, 2.24) is 19.5 Å². The molecule has 3 unspecified atom stereocenters. The van der Waals surface area contributed by atoms with E-state index in [4.69, 9.17) is 5.73 Å². The topological polar surface area (TPSA) is 144 Å². The zero-order chi connectivity index (χ0) is 25.0. The van der Waals surface area contributed by atoms with Crippen molar-refractivity contribution in [3.8, 4) is 0 Å². The van der Waals surface area contributed by atoms with Gasteiger partial charge in [-0.3, -0.25) is 14.4 Å². The lowest BCUT2D eigenvalue weighted by atomic mass is 9.95. The van der Waals surface area contributed by atoms with E-state index in [1.54, 1.807) is 41.4 Å². The largest absolute Gasteiger partial charge is 0.368 e. The van der Waals surface area contributed by atoms with Crippen LogP contribution in [-0.2, 0) is 26.7 Å². The van der Waals surface area contributed by atoms with Crippen LogP contribution in [0.15, 0.2) is 40.1 Å². The fraction of sp³-hybridized carbons (Fsp3) is 0.500. The molecule has 0 radical (unpaired) electrons. The van der Waals surface area contributed by atoms with Crippen LogP contribution in [0, 0.1) is 5.92 Å². The van der Waals surface area contributed by atoms with Gasteiger partial charge in [0.1, 0.15) is 22.0 Å². The number of aromatic nitrogens is 1. The van der Waals surface area contributed by atoms with Crippen molar-refractivity contribution in [2.45, 2.75) is 55.4 Å². The zero-order valence-corrected chi connectivity index (χ0v) is 21.1. The van der Waals surface area contributed by atoms with Crippen LogP contribution in [-0.4, -0.2) is 60.3 Å². The predicted octanol–water partition coefficient (Wildman–Crippen LogP) is 1.05. The Balaban J connectivity index is 1.84. The quantitative estimate of drug-likeness (QED) is 0.463. The molecular weight excluding hydrogens is 478 g/mol. The van der Waals surface area contributed by atoms with Gasteiger partial charge in [0.2, 0.25) is 21.8 Å². The van der Waals surface area contributed by atoms with E-state index in [1.807, 2.05) is 13.8 Å². The number of carbonyl (C=O) groups is 3. The normalized spacial score (nSPS) is 19.7. The molecule has 3 atom stereocenters. The Bertz CT molecular complexity index is 1130. The molecule has 186 valence electrons. The molecule has 0 bridgehead atoms. The Morgan fingerprint density at radius 3 is 2.53 bits per heavy atom. The fourth-order valence-corrected chi connectivity index (χ4v) is 6.37. The number of primary amides is 1. The molecule has 2 aromatic rings. The first-order valence-electron chi connectivity index (χ1n) is 11.1. The summed E-state index contributed by atoms with van der Waals surface area (Å²) in [6.07, 6.45) is 2.50. The molecule has 10 nitrogen and oxygen atoms in total. The summed E-state index contributed by atoms with van der Waals surface area (Å²) in [7, 11) is -2.02. The van der Waals surface area contributed by atoms with Crippen molar-refractivity contribution in [2.24, 2.45) is 18.7 Å². The van der Waals surface area contributed by atoms with Gasteiger partial charge in [0.05, 0.1) is 0 Å². The Hall–Kier alpha value is -2.70. The number of nitrogens with zero attached hydrogens (tertiary/aromatic N) is 2. The number of hydrogen-bond acceptors (Lipinski definition) is 6. The molecule has 0 aliphatic carbocycles. The Labute approximate surface area is 203 Å². The number of sulfonamides is 1. The number of thiophene rings is 1. The van der Waals surface area contributed by atoms with Crippen LogP contribution in [0.2, 0.25) is 0 Å². The zero-order valence-electron chi connectivity index (χ0n) is 19.4. The summed E-state index contributed by atoms with van der Waals surface area (Å²) in [6.45, 7) is 3.98. The van der Waals surface area contributed by atoms with Crippen molar-refractivity contribution < 1.29 is 22.8 Å². The third-order valence-electron chi connectivity index (χ3n) is 5.78. The third kappa shape index (κ3) is 6.05. The van der Waals surface area contributed by atoms with E-state index in [2.05, 4.69) is 10.0 Å². The lowest BCUT2D eigenvalue weighted by Gasteiger charge is -2.39. The molecule has 34 heavy (non-hydrogen) atoms. The van der Waals surface area contributed by atoms with E-state index in [0.717, 1.165) is 11.3 Å². The van der Waals surface area contributed by atoms with Gasteiger partial charge in [-0.05, 0) is 48.8 Å². The van der Waals surface area contributed by atoms with Crippen LogP contribution < -0.4 is 15.8 Å². The molecule has 2 aromatic heterocycles. The first kappa shape index (κ1) is 25.9. The number of piperidine rings is 1. The molecule has 0 aromatic carbocycles. The highest BCUT2D eigenvalue weighted by Crippen LogP contribution is 2.24. The maximum Gasteiger partial charge on any atom is 0.271 e. The van der Waals surface area contributed by atoms with Crippen molar-refractivity contribution in [2.75, 3.05) is 6.54 Å². The summed E-state index contributed by atoms with van der Waals surface area (Å²) in [5.74, 6) is -1.43. The molecule has 1 fully saturated rings.